The van der Waals surface area contributed by atoms with Crippen LogP contribution in [0.3, 0.4) is 0 Å². The molecule has 0 saturated carbocycles. The van der Waals surface area contributed by atoms with Gasteiger partial charge in [0, 0.05) is 11.1 Å². The van der Waals surface area contributed by atoms with Gasteiger partial charge in [-0.3, -0.25) is 0 Å². The van der Waals surface area contributed by atoms with Crippen LogP contribution in [-0.2, 0) is 6.42 Å². The molecule has 2 nitrogen and oxygen atoms in total. The Hall–Kier alpha value is -1.51. The lowest BCUT2D eigenvalue weighted by molar-refractivity contribution is 0.406. The Bertz CT molecular complexity index is 625. The lowest BCUT2D eigenvalue weighted by Gasteiger charge is -2.21. The Kier molecular flexibility index (Phi) is 5.27. The summed E-state index contributed by atoms with van der Waals surface area (Å²) in [6, 6.07) is 12.6. The molecule has 112 valence electrons. The summed E-state index contributed by atoms with van der Waals surface area (Å²) in [5.41, 5.74) is 4.93. The summed E-state index contributed by atoms with van der Waals surface area (Å²) in [4.78, 5) is 0. The lowest BCUT2D eigenvalue weighted by atomic mass is 9.94. The van der Waals surface area contributed by atoms with Crippen LogP contribution in [0.2, 0.25) is 5.02 Å². The van der Waals surface area contributed by atoms with Crippen molar-refractivity contribution >= 4 is 11.6 Å². The van der Waals surface area contributed by atoms with E-state index in [1.807, 2.05) is 25.2 Å². The molecule has 0 bridgehead atoms. The topological polar surface area (TPSA) is 21.3 Å². The average Bonchev–Trinajstić information content (AvgIpc) is 2.45. The fourth-order valence-electron chi connectivity index (χ4n) is 2.68. The number of hydrogen-bond acceptors (Lipinski definition) is 2. The first-order chi connectivity index (χ1) is 10.0. The minimum Gasteiger partial charge on any atom is -0.496 e. The normalized spacial score (nSPS) is 12.2. The number of hydrogen-bond donors (Lipinski definition) is 1. The van der Waals surface area contributed by atoms with Crippen LogP contribution in [-0.4, -0.2) is 14.2 Å². The maximum absolute atomic E-state index is 6.05. The zero-order valence-corrected chi connectivity index (χ0v) is 13.8. The quantitative estimate of drug-likeness (QED) is 0.880. The van der Waals surface area contributed by atoms with Crippen molar-refractivity contribution in [2.75, 3.05) is 14.2 Å². The summed E-state index contributed by atoms with van der Waals surface area (Å²) in [5, 5.41) is 4.18. The van der Waals surface area contributed by atoms with Crippen molar-refractivity contribution in [3.8, 4) is 5.75 Å². The van der Waals surface area contributed by atoms with Crippen molar-refractivity contribution in [2.45, 2.75) is 26.3 Å². The molecule has 0 amide bonds. The Morgan fingerprint density at radius 2 is 1.90 bits per heavy atom. The van der Waals surface area contributed by atoms with Gasteiger partial charge in [0.25, 0.3) is 0 Å². The van der Waals surface area contributed by atoms with Crippen molar-refractivity contribution in [1.29, 1.82) is 0 Å². The molecule has 2 rings (SSSR count). The molecule has 3 heteroatoms. The van der Waals surface area contributed by atoms with Gasteiger partial charge < -0.3 is 10.1 Å². The Morgan fingerprint density at radius 1 is 1.14 bits per heavy atom. The summed E-state index contributed by atoms with van der Waals surface area (Å²) in [7, 11) is 3.71. The highest BCUT2D eigenvalue weighted by atomic mass is 35.5. The highest BCUT2D eigenvalue weighted by Crippen LogP contribution is 2.28. The van der Waals surface area contributed by atoms with Gasteiger partial charge >= 0.3 is 0 Å². The molecule has 1 unspecified atom stereocenters. The fraction of sp³-hybridized carbons (Fsp3) is 0.333. The molecular weight excluding hydrogens is 282 g/mol. The number of benzene rings is 2. The van der Waals surface area contributed by atoms with Crippen LogP contribution in [0.15, 0.2) is 36.4 Å². The molecular formula is C18H22ClNO. The van der Waals surface area contributed by atoms with E-state index in [0.29, 0.717) is 0 Å². The van der Waals surface area contributed by atoms with Gasteiger partial charge in [0.15, 0.2) is 0 Å². The molecule has 0 aromatic heterocycles. The zero-order chi connectivity index (χ0) is 15.4. The molecule has 1 atom stereocenters. The molecule has 0 spiro atoms. The van der Waals surface area contributed by atoms with Gasteiger partial charge in [0.05, 0.1) is 7.11 Å². The van der Waals surface area contributed by atoms with E-state index in [9.17, 15) is 0 Å². The second-order valence-corrected chi connectivity index (χ2v) is 5.80. The largest absolute Gasteiger partial charge is 0.496 e. The van der Waals surface area contributed by atoms with E-state index in [0.717, 1.165) is 17.2 Å². The third kappa shape index (κ3) is 3.78. The van der Waals surface area contributed by atoms with Crippen LogP contribution in [0.1, 0.15) is 28.3 Å². The van der Waals surface area contributed by atoms with Crippen LogP contribution < -0.4 is 10.1 Å². The van der Waals surface area contributed by atoms with Gasteiger partial charge in [-0.25, -0.2) is 0 Å². The molecule has 1 N–H and O–H groups in total. The Balaban J connectivity index is 2.33. The highest BCUT2D eigenvalue weighted by molar-refractivity contribution is 6.30. The molecule has 0 aliphatic rings. The molecule has 2 aromatic carbocycles. The zero-order valence-electron chi connectivity index (χ0n) is 13.0. The van der Waals surface area contributed by atoms with Crippen LogP contribution in [0.5, 0.6) is 5.75 Å². The minimum atomic E-state index is 0.234. The van der Waals surface area contributed by atoms with Crippen molar-refractivity contribution in [1.82, 2.24) is 5.32 Å². The second kappa shape index (κ2) is 6.97. The maximum Gasteiger partial charge on any atom is 0.122 e. The standard InChI is InChI=1S/C18H22ClNO/c1-12-5-8-18(21-4)14(9-12)11-17(20-3)16-7-6-15(19)10-13(16)2/h5-10,17,20H,11H2,1-4H3. The molecule has 0 fully saturated rings. The van der Waals surface area contributed by atoms with E-state index in [2.05, 4.69) is 37.4 Å². The van der Waals surface area contributed by atoms with Crippen molar-refractivity contribution in [3.05, 3.63) is 63.7 Å². The predicted molar refractivity (Wildman–Crippen MR) is 89.4 cm³/mol. The summed E-state index contributed by atoms with van der Waals surface area (Å²) in [6.45, 7) is 4.20. The number of methoxy groups -OCH3 is 1. The number of aryl methyl sites for hydroxylation is 2. The van der Waals surface area contributed by atoms with Gasteiger partial charge in [-0.15, -0.1) is 0 Å². The number of nitrogens with one attached hydrogen (secondary N) is 1. The third-order valence-corrected chi connectivity index (χ3v) is 4.05. The maximum atomic E-state index is 6.05. The molecule has 0 radical (unpaired) electrons. The molecule has 0 heterocycles. The smallest absolute Gasteiger partial charge is 0.122 e. The minimum absolute atomic E-state index is 0.234. The van der Waals surface area contributed by atoms with Crippen LogP contribution in [0.25, 0.3) is 0 Å². The van der Waals surface area contributed by atoms with E-state index in [-0.39, 0.29) is 6.04 Å². The van der Waals surface area contributed by atoms with E-state index in [4.69, 9.17) is 16.3 Å². The first-order valence-corrected chi connectivity index (χ1v) is 7.49. The lowest BCUT2D eigenvalue weighted by Crippen LogP contribution is -2.20. The Morgan fingerprint density at radius 3 is 2.52 bits per heavy atom. The van der Waals surface area contributed by atoms with E-state index in [1.54, 1.807) is 7.11 Å². The van der Waals surface area contributed by atoms with E-state index >= 15 is 0 Å². The number of likely N-dealkylation sites (N-methyl/N-ethyl adjacent to an activating group) is 1. The molecule has 0 saturated heterocycles. The summed E-state index contributed by atoms with van der Waals surface area (Å²) in [6.07, 6.45) is 0.879. The van der Waals surface area contributed by atoms with Gasteiger partial charge in [0.1, 0.15) is 5.75 Å². The van der Waals surface area contributed by atoms with E-state index < -0.39 is 0 Å². The molecule has 0 aliphatic carbocycles. The first kappa shape index (κ1) is 15.9. The van der Waals surface area contributed by atoms with Crippen LogP contribution in [0, 0.1) is 13.8 Å². The second-order valence-electron chi connectivity index (χ2n) is 5.36. The summed E-state index contributed by atoms with van der Waals surface area (Å²) >= 11 is 6.05. The van der Waals surface area contributed by atoms with Gasteiger partial charge in [0.2, 0.25) is 0 Å². The van der Waals surface area contributed by atoms with Crippen LogP contribution in [0.4, 0.5) is 0 Å². The fourth-order valence-corrected chi connectivity index (χ4v) is 2.91. The summed E-state index contributed by atoms with van der Waals surface area (Å²) in [5.74, 6) is 0.937. The SMILES string of the molecule is CNC(Cc1cc(C)ccc1OC)c1ccc(Cl)cc1C. The summed E-state index contributed by atoms with van der Waals surface area (Å²) < 4.78 is 5.48. The average molecular weight is 304 g/mol. The van der Waals surface area contributed by atoms with Crippen molar-refractivity contribution in [3.63, 3.8) is 0 Å². The predicted octanol–water partition coefficient (Wildman–Crippen LogP) is 4.47. The highest BCUT2D eigenvalue weighted by Gasteiger charge is 2.15. The number of rotatable bonds is 5. The van der Waals surface area contributed by atoms with Gasteiger partial charge in [-0.05, 0) is 62.2 Å². The van der Waals surface area contributed by atoms with Gasteiger partial charge in [-0.2, -0.15) is 0 Å². The number of ether oxygens (including phenoxy) is 1. The van der Waals surface area contributed by atoms with Crippen molar-refractivity contribution < 1.29 is 4.74 Å². The number of halogens is 1. The first-order valence-electron chi connectivity index (χ1n) is 7.12. The monoisotopic (exact) mass is 303 g/mol. The molecule has 21 heavy (non-hydrogen) atoms. The Labute approximate surface area is 132 Å². The molecule has 2 aromatic rings. The van der Waals surface area contributed by atoms with Crippen LogP contribution >= 0.6 is 11.6 Å². The van der Waals surface area contributed by atoms with Crippen molar-refractivity contribution in [2.24, 2.45) is 0 Å². The molecule has 0 aliphatic heterocycles. The third-order valence-electron chi connectivity index (χ3n) is 3.82. The van der Waals surface area contributed by atoms with E-state index in [1.165, 1.54) is 22.3 Å². The van der Waals surface area contributed by atoms with Gasteiger partial charge in [-0.1, -0.05) is 35.4 Å².